The van der Waals surface area contributed by atoms with Gasteiger partial charge in [-0.2, -0.15) is 0 Å². The summed E-state index contributed by atoms with van der Waals surface area (Å²) < 4.78 is 5.13. The van der Waals surface area contributed by atoms with Gasteiger partial charge in [-0.25, -0.2) is 0 Å². The van der Waals surface area contributed by atoms with Crippen molar-refractivity contribution in [2.75, 3.05) is 13.7 Å². The molecule has 0 fully saturated rings. The monoisotopic (exact) mass is 183 g/mol. The van der Waals surface area contributed by atoms with Gasteiger partial charge in [0.2, 0.25) is 5.88 Å². The number of ether oxygens (including phenoxy) is 1. The van der Waals surface area contributed by atoms with Gasteiger partial charge in [0.25, 0.3) is 0 Å². The zero-order valence-corrected chi connectivity index (χ0v) is 8.42. The first-order valence-electron chi connectivity index (χ1n) is 4.51. The molecule has 0 unspecified atom stereocenters. The van der Waals surface area contributed by atoms with Crippen LogP contribution in [0.25, 0.3) is 0 Å². The van der Waals surface area contributed by atoms with E-state index in [1.165, 1.54) is 0 Å². The molecule has 0 amide bonds. The number of nitrogens with zero attached hydrogens (tertiary/aromatic N) is 1. The van der Waals surface area contributed by atoms with E-state index in [4.69, 9.17) is 10.5 Å². The molecule has 0 aliphatic rings. The fourth-order valence-electron chi connectivity index (χ4n) is 1.39. The fourth-order valence-corrected chi connectivity index (χ4v) is 1.39. The summed E-state index contributed by atoms with van der Waals surface area (Å²) in [6, 6.07) is 0. The summed E-state index contributed by atoms with van der Waals surface area (Å²) in [5.74, 6) is 1.10. The minimum absolute atomic E-state index is 0.429. The maximum Gasteiger partial charge on any atom is 0.235 e. The first-order chi connectivity index (χ1) is 6.20. The van der Waals surface area contributed by atoms with Crippen LogP contribution in [-0.2, 0) is 6.42 Å². The smallest absolute Gasteiger partial charge is 0.235 e. The lowest BCUT2D eigenvalue weighted by Gasteiger charge is -2.05. The summed E-state index contributed by atoms with van der Waals surface area (Å²) in [6.45, 7) is 4.86. The fraction of sp³-hybridized carbons (Fsp3) is 0.667. The molecule has 1 aromatic rings. The third-order valence-corrected chi connectivity index (χ3v) is 2.03. The van der Waals surface area contributed by atoms with Gasteiger partial charge in [-0.3, -0.25) is 5.10 Å². The van der Waals surface area contributed by atoms with E-state index < -0.39 is 0 Å². The lowest BCUT2D eigenvalue weighted by molar-refractivity contribution is 0.392. The molecule has 0 aliphatic heterocycles. The van der Waals surface area contributed by atoms with Crippen LogP contribution in [0.5, 0.6) is 5.88 Å². The second kappa shape index (κ2) is 4.28. The Morgan fingerprint density at radius 3 is 2.69 bits per heavy atom. The molecule has 0 aliphatic carbocycles. The summed E-state index contributed by atoms with van der Waals surface area (Å²) in [4.78, 5) is 0. The number of methoxy groups -OCH3 is 1. The second-order valence-corrected chi connectivity index (χ2v) is 3.32. The van der Waals surface area contributed by atoms with Crippen LogP contribution < -0.4 is 10.5 Å². The van der Waals surface area contributed by atoms with Crippen molar-refractivity contribution in [3.8, 4) is 5.88 Å². The third kappa shape index (κ3) is 2.01. The Hall–Kier alpha value is -1.03. The van der Waals surface area contributed by atoms with Crippen molar-refractivity contribution in [3.05, 3.63) is 11.3 Å². The van der Waals surface area contributed by atoms with E-state index in [1.807, 2.05) is 0 Å². The van der Waals surface area contributed by atoms with Crippen molar-refractivity contribution < 1.29 is 4.74 Å². The normalized spacial score (nSPS) is 10.8. The van der Waals surface area contributed by atoms with Gasteiger partial charge in [0.1, 0.15) is 0 Å². The third-order valence-electron chi connectivity index (χ3n) is 2.03. The zero-order valence-electron chi connectivity index (χ0n) is 8.42. The van der Waals surface area contributed by atoms with Crippen LogP contribution in [0.1, 0.15) is 31.0 Å². The molecule has 0 spiro atoms. The summed E-state index contributed by atoms with van der Waals surface area (Å²) >= 11 is 0. The number of aromatic amines is 1. The molecule has 4 nitrogen and oxygen atoms in total. The van der Waals surface area contributed by atoms with E-state index in [9.17, 15) is 0 Å². The van der Waals surface area contributed by atoms with E-state index in [1.54, 1.807) is 7.11 Å². The van der Waals surface area contributed by atoms with Gasteiger partial charge in [0.05, 0.1) is 7.11 Å². The molecular weight excluding hydrogens is 166 g/mol. The van der Waals surface area contributed by atoms with Crippen LogP contribution in [-0.4, -0.2) is 23.9 Å². The molecule has 0 saturated carbocycles. The number of aromatic nitrogens is 2. The highest BCUT2D eigenvalue weighted by atomic mass is 16.5. The highest BCUT2D eigenvalue weighted by Gasteiger charge is 2.14. The largest absolute Gasteiger partial charge is 0.480 e. The van der Waals surface area contributed by atoms with Crippen LogP contribution in [0.15, 0.2) is 0 Å². The van der Waals surface area contributed by atoms with Crippen molar-refractivity contribution in [2.45, 2.75) is 26.2 Å². The number of nitrogens with two attached hydrogens (primary N) is 1. The number of hydrogen-bond acceptors (Lipinski definition) is 3. The Kier molecular flexibility index (Phi) is 3.31. The highest BCUT2D eigenvalue weighted by Crippen LogP contribution is 2.24. The van der Waals surface area contributed by atoms with Crippen LogP contribution in [0.4, 0.5) is 0 Å². The van der Waals surface area contributed by atoms with E-state index in [0.29, 0.717) is 18.3 Å². The van der Waals surface area contributed by atoms with Gasteiger partial charge in [-0.05, 0) is 18.9 Å². The van der Waals surface area contributed by atoms with Gasteiger partial charge in [-0.15, -0.1) is 5.10 Å². The predicted octanol–water partition coefficient (Wildman–Crippen LogP) is 1.04. The van der Waals surface area contributed by atoms with E-state index in [2.05, 4.69) is 24.0 Å². The first-order valence-corrected chi connectivity index (χ1v) is 4.51. The number of nitrogens with one attached hydrogen (secondary N) is 1. The van der Waals surface area contributed by atoms with Gasteiger partial charge < -0.3 is 10.5 Å². The minimum Gasteiger partial charge on any atom is -0.480 e. The Morgan fingerprint density at radius 2 is 2.23 bits per heavy atom. The predicted molar refractivity (Wildman–Crippen MR) is 52.0 cm³/mol. The highest BCUT2D eigenvalue weighted by molar-refractivity contribution is 5.32. The van der Waals surface area contributed by atoms with Crippen molar-refractivity contribution in [1.29, 1.82) is 0 Å². The Balaban J connectivity index is 2.99. The van der Waals surface area contributed by atoms with Gasteiger partial charge in [0.15, 0.2) is 0 Å². The van der Waals surface area contributed by atoms with Gasteiger partial charge in [-0.1, -0.05) is 13.8 Å². The SMILES string of the molecule is COc1n[nH]c(C(C)C)c1CCN. The average molecular weight is 183 g/mol. The van der Waals surface area contributed by atoms with Gasteiger partial charge >= 0.3 is 0 Å². The average Bonchev–Trinajstić information content (AvgIpc) is 2.48. The topological polar surface area (TPSA) is 63.9 Å². The molecule has 0 radical (unpaired) electrons. The van der Waals surface area contributed by atoms with Crippen molar-refractivity contribution in [1.82, 2.24) is 10.2 Å². The lowest BCUT2D eigenvalue weighted by Crippen LogP contribution is -2.06. The molecule has 13 heavy (non-hydrogen) atoms. The number of hydrogen-bond donors (Lipinski definition) is 2. The Morgan fingerprint density at radius 1 is 1.54 bits per heavy atom. The Labute approximate surface area is 78.5 Å². The van der Waals surface area contributed by atoms with Crippen molar-refractivity contribution in [3.63, 3.8) is 0 Å². The number of rotatable bonds is 4. The molecule has 74 valence electrons. The molecule has 0 atom stereocenters. The molecule has 1 aromatic heterocycles. The molecule has 1 rings (SSSR count). The standard InChI is InChI=1S/C9H17N3O/c1-6(2)8-7(4-5-10)9(13-3)12-11-8/h6H,4-5,10H2,1-3H3,(H,11,12). The van der Waals surface area contributed by atoms with E-state index >= 15 is 0 Å². The maximum absolute atomic E-state index is 5.52. The second-order valence-electron chi connectivity index (χ2n) is 3.32. The van der Waals surface area contributed by atoms with Crippen LogP contribution in [0.3, 0.4) is 0 Å². The molecule has 1 heterocycles. The van der Waals surface area contributed by atoms with Crippen molar-refractivity contribution >= 4 is 0 Å². The Bertz CT molecular complexity index is 268. The molecule has 0 bridgehead atoms. The number of H-pyrrole nitrogens is 1. The first kappa shape index (κ1) is 10.1. The molecule has 0 aromatic carbocycles. The molecule has 3 N–H and O–H groups in total. The molecule has 0 saturated heterocycles. The summed E-state index contributed by atoms with van der Waals surface area (Å²) in [5.41, 5.74) is 7.75. The van der Waals surface area contributed by atoms with Crippen LogP contribution in [0, 0.1) is 0 Å². The van der Waals surface area contributed by atoms with Crippen molar-refractivity contribution in [2.24, 2.45) is 5.73 Å². The maximum atomic E-state index is 5.52. The molecular formula is C9H17N3O. The van der Waals surface area contributed by atoms with Gasteiger partial charge in [0, 0.05) is 11.3 Å². The van der Waals surface area contributed by atoms with Crippen LogP contribution in [0.2, 0.25) is 0 Å². The summed E-state index contributed by atoms with van der Waals surface area (Å²) in [6.07, 6.45) is 0.813. The quantitative estimate of drug-likeness (QED) is 0.733. The van der Waals surface area contributed by atoms with E-state index in [-0.39, 0.29) is 0 Å². The lowest BCUT2D eigenvalue weighted by atomic mass is 10.0. The van der Waals surface area contributed by atoms with E-state index in [0.717, 1.165) is 17.7 Å². The zero-order chi connectivity index (χ0) is 9.84. The summed E-state index contributed by atoms with van der Waals surface area (Å²) in [7, 11) is 1.63. The molecule has 4 heteroatoms. The van der Waals surface area contributed by atoms with Crippen LogP contribution >= 0.6 is 0 Å². The summed E-state index contributed by atoms with van der Waals surface area (Å²) in [5, 5.41) is 7.05. The minimum atomic E-state index is 0.429.